The lowest BCUT2D eigenvalue weighted by Gasteiger charge is -2.43. The summed E-state index contributed by atoms with van der Waals surface area (Å²) in [5.74, 6) is 0. The Balaban J connectivity index is 1.88. The average molecular weight is 443 g/mol. The predicted octanol–water partition coefficient (Wildman–Crippen LogP) is 5.57. The van der Waals surface area contributed by atoms with Gasteiger partial charge in [-0.25, -0.2) is 0 Å². The van der Waals surface area contributed by atoms with Crippen molar-refractivity contribution >= 4 is 18.7 Å². The van der Waals surface area contributed by atoms with Crippen LogP contribution in [0.4, 0.5) is 0 Å². The van der Waals surface area contributed by atoms with Crippen LogP contribution < -0.4 is 10.4 Å². The zero-order valence-corrected chi connectivity index (χ0v) is 21.1. The summed E-state index contributed by atoms with van der Waals surface area (Å²) in [6.45, 7) is 12.4. The lowest BCUT2D eigenvalue weighted by Crippen LogP contribution is -2.66. The Hall–Kier alpha value is -1.46. The highest BCUT2D eigenvalue weighted by molar-refractivity contribution is 6.99. The summed E-state index contributed by atoms with van der Waals surface area (Å²) in [6.07, 6.45) is 6.34. The summed E-state index contributed by atoms with van der Waals surface area (Å²) in [6, 6.07) is 21.5. The molecule has 0 N–H and O–H groups in total. The number of rotatable bonds is 15. The van der Waals surface area contributed by atoms with Crippen LogP contribution in [0.25, 0.3) is 0 Å². The molecule has 0 saturated heterocycles. The van der Waals surface area contributed by atoms with Crippen molar-refractivity contribution in [2.24, 2.45) is 0 Å². The number of hydrogen-bond donors (Lipinski definition) is 0. The van der Waals surface area contributed by atoms with Crippen LogP contribution in [-0.2, 0) is 13.9 Å². The monoisotopic (exact) mass is 442 g/mol. The minimum absolute atomic E-state index is 0.00338. The van der Waals surface area contributed by atoms with Crippen molar-refractivity contribution in [1.29, 1.82) is 0 Å². The van der Waals surface area contributed by atoms with E-state index in [4.69, 9.17) is 13.9 Å². The molecule has 0 spiro atoms. The predicted molar refractivity (Wildman–Crippen MR) is 134 cm³/mol. The molecule has 172 valence electrons. The first-order chi connectivity index (χ1) is 15.0. The van der Waals surface area contributed by atoms with Crippen molar-refractivity contribution in [2.45, 2.75) is 64.8 Å². The molecule has 0 aliphatic heterocycles. The first-order valence-corrected chi connectivity index (χ1v) is 13.8. The zero-order valence-electron chi connectivity index (χ0n) is 20.1. The van der Waals surface area contributed by atoms with Crippen LogP contribution in [0, 0.1) is 0 Å². The molecule has 0 aromatic heterocycles. The highest BCUT2D eigenvalue weighted by Crippen LogP contribution is 2.36. The third-order valence-electron chi connectivity index (χ3n) is 5.73. The Morgan fingerprint density at radius 3 is 1.61 bits per heavy atom. The summed E-state index contributed by atoms with van der Waals surface area (Å²) in [4.78, 5) is 0. The summed E-state index contributed by atoms with van der Waals surface area (Å²) < 4.78 is 18.3. The van der Waals surface area contributed by atoms with Crippen molar-refractivity contribution in [3.8, 4) is 0 Å². The number of benzene rings is 2. The van der Waals surface area contributed by atoms with Crippen LogP contribution in [0.5, 0.6) is 0 Å². The molecule has 3 nitrogen and oxygen atoms in total. The van der Waals surface area contributed by atoms with E-state index in [9.17, 15) is 0 Å². The molecule has 0 amide bonds. The van der Waals surface area contributed by atoms with Gasteiger partial charge in [-0.15, -0.1) is 0 Å². The molecule has 0 unspecified atom stereocenters. The zero-order chi connectivity index (χ0) is 22.4. The number of hydrogen-bond acceptors (Lipinski definition) is 3. The van der Waals surface area contributed by atoms with Crippen LogP contribution in [0.1, 0.15) is 59.8 Å². The lowest BCUT2D eigenvalue weighted by atomic mass is 10.2. The summed E-state index contributed by atoms with van der Waals surface area (Å²) in [7, 11) is -2.46. The second-order valence-corrected chi connectivity index (χ2v) is 13.5. The molecule has 0 bridgehead atoms. The highest BCUT2D eigenvalue weighted by atomic mass is 28.4. The molecular formula is C27H42O3Si. The Morgan fingerprint density at radius 2 is 1.10 bits per heavy atom. The van der Waals surface area contributed by atoms with Gasteiger partial charge in [-0.3, -0.25) is 0 Å². The largest absolute Gasteiger partial charge is 0.405 e. The molecule has 0 atom stereocenters. The van der Waals surface area contributed by atoms with Crippen LogP contribution in [0.2, 0.25) is 5.04 Å². The standard InChI is InChI=1S/C27H42O3Si/c1-5-6-7-8-15-20-28-21-22-29-23-24-30-31(27(2,3)4,25-16-11-9-12-17-25)26-18-13-10-14-19-26/h9-14,16-19H,5-8,15,20-24H2,1-4H3. The summed E-state index contributed by atoms with van der Waals surface area (Å²) in [5, 5.41) is 2.61. The highest BCUT2D eigenvalue weighted by Gasteiger charge is 2.49. The second kappa shape index (κ2) is 13.8. The van der Waals surface area contributed by atoms with Crippen LogP contribution in [0.3, 0.4) is 0 Å². The fraction of sp³-hybridized carbons (Fsp3) is 0.556. The molecule has 0 aliphatic rings. The molecule has 4 heteroatoms. The normalized spacial score (nSPS) is 12.3. The van der Waals surface area contributed by atoms with E-state index in [2.05, 4.69) is 88.4 Å². The molecule has 2 aromatic rings. The Bertz CT molecular complexity index is 658. The molecule has 0 saturated carbocycles. The Kier molecular flexibility index (Phi) is 11.5. The SMILES string of the molecule is CCCCCCCOCCOCCO[Si](c1ccccc1)(c1ccccc1)C(C)(C)C. The van der Waals surface area contributed by atoms with E-state index in [1.54, 1.807) is 0 Å². The minimum Gasteiger partial charge on any atom is -0.405 e. The van der Waals surface area contributed by atoms with E-state index in [1.807, 2.05) is 0 Å². The van der Waals surface area contributed by atoms with Gasteiger partial charge in [0.25, 0.3) is 8.32 Å². The Labute approximate surface area is 191 Å². The van der Waals surface area contributed by atoms with Gasteiger partial charge in [0, 0.05) is 6.61 Å². The van der Waals surface area contributed by atoms with E-state index >= 15 is 0 Å². The van der Waals surface area contributed by atoms with E-state index < -0.39 is 8.32 Å². The van der Waals surface area contributed by atoms with Crippen molar-refractivity contribution in [3.63, 3.8) is 0 Å². The molecular weight excluding hydrogens is 400 g/mol. The summed E-state index contributed by atoms with van der Waals surface area (Å²) >= 11 is 0. The summed E-state index contributed by atoms with van der Waals surface area (Å²) in [5.41, 5.74) is 0. The molecule has 0 fully saturated rings. The first-order valence-electron chi connectivity index (χ1n) is 11.9. The van der Waals surface area contributed by atoms with E-state index in [1.165, 1.54) is 36.1 Å². The molecule has 0 aliphatic carbocycles. The van der Waals surface area contributed by atoms with Gasteiger partial charge in [0.15, 0.2) is 0 Å². The maximum absolute atomic E-state index is 6.82. The second-order valence-electron chi connectivity index (χ2n) is 9.15. The van der Waals surface area contributed by atoms with E-state index in [-0.39, 0.29) is 5.04 Å². The first kappa shape index (κ1) is 25.8. The third-order valence-corrected chi connectivity index (χ3v) is 10.8. The topological polar surface area (TPSA) is 27.7 Å². The van der Waals surface area contributed by atoms with E-state index in [0.717, 1.165) is 13.0 Å². The van der Waals surface area contributed by atoms with Gasteiger partial charge in [0.2, 0.25) is 0 Å². The van der Waals surface area contributed by atoms with Gasteiger partial charge in [0.05, 0.1) is 26.4 Å². The minimum atomic E-state index is -2.46. The van der Waals surface area contributed by atoms with Crippen LogP contribution >= 0.6 is 0 Å². The fourth-order valence-electron chi connectivity index (χ4n) is 4.14. The number of ether oxygens (including phenoxy) is 2. The van der Waals surface area contributed by atoms with Crippen molar-refractivity contribution in [1.82, 2.24) is 0 Å². The van der Waals surface area contributed by atoms with Crippen molar-refractivity contribution < 1.29 is 13.9 Å². The van der Waals surface area contributed by atoms with Gasteiger partial charge in [-0.05, 0) is 21.8 Å². The van der Waals surface area contributed by atoms with Gasteiger partial charge in [-0.2, -0.15) is 0 Å². The smallest absolute Gasteiger partial charge is 0.261 e. The molecule has 2 rings (SSSR count). The van der Waals surface area contributed by atoms with Crippen LogP contribution in [-0.4, -0.2) is 41.4 Å². The molecule has 0 radical (unpaired) electrons. The maximum atomic E-state index is 6.82. The molecule has 31 heavy (non-hydrogen) atoms. The average Bonchev–Trinajstić information content (AvgIpc) is 2.77. The lowest BCUT2D eigenvalue weighted by molar-refractivity contribution is 0.0340. The number of unbranched alkanes of at least 4 members (excludes halogenated alkanes) is 4. The van der Waals surface area contributed by atoms with Crippen molar-refractivity contribution in [3.05, 3.63) is 60.7 Å². The maximum Gasteiger partial charge on any atom is 0.261 e. The van der Waals surface area contributed by atoms with Gasteiger partial charge < -0.3 is 13.9 Å². The Morgan fingerprint density at radius 1 is 0.613 bits per heavy atom. The molecule has 0 heterocycles. The fourth-order valence-corrected chi connectivity index (χ4v) is 8.69. The van der Waals surface area contributed by atoms with Gasteiger partial charge in [-0.1, -0.05) is 114 Å². The third kappa shape index (κ3) is 7.87. The van der Waals surface area contributed by atoms with Gasteiger partial charge >= 0.3 is 0 Å². The quantitative estimate of drug-likeness (QED) is 0.267. The molecule has 2 aromatic carbocycles. The van der Waals surface area contributed by atoms with Crippen LogP contribution in [0.15, 0.2) is 60.7 Å². The van der Waals surface area contributed by atoms with Crippen molar-refractivity contribution in [2.75, 3.05) is 33.0 Å². The van der Waals surface area contributed by atoms with Gasteiger partial charge in [0.1, 0.15) is 0 Å². The van der Waals surface area contributed by atoms with E-state index in [0.29, 0.717) is 26.4 Å².